The number of nitrogen functional groups attached to an aromatic ring is 3. The van der Waals surface area contributed by atoms with Gasteiger partial charge >= 0.3 is 49.1 Å². The number of ether oxygens (including phenoxy) is 3. The van der Waals surface area contributed by atoms with Crippen LogP contribution in [-0.2, 0) is 141 Å². The number of fused-ring (bicyclic) bond motifs is 3. The molecule has 0 bridgehead atoms. The molecule has 8 atom stereocenters. The van der Waals surface area contributed by atoms with Gasteiger partial charge in [-0.3, -0.25) is 57.8 Å². The number of aromatic nitrogens is 3. The maximum Gasteiger partial charge on any atom is 0.418 e. The molecule has 8 aliphatic rings. The Bertz CT molecular complexity index is 6420. The van der Waals surface area contributed by atoms with Crippen molar-refractivity contribution in [1.29, 1.82) is 5.41 Å². The number of aliphatic carboxylic acids is 3. The van der Waals surface area contributed by atoms with Crippen LogP contribution in [0.25, 0.3) is 0 Å². The summed E-state index contributed by atoms with van der Waals surface area (Å²) >= 11 is 2.96. The number of amidine groups is 1. The van der Waals surface area contributed by atoms with E-state index in [1.807, 2.05) is 34.1 Å². The average molecular weight is 2170 g/mol. The highest BCUT2D eigenvalue weighted by Crippen LogP contribution is 2.45. The Morgan fingerprint density at radius 2 is 0.837 bits per heavy atom. The summed E-state index contributed by atoms with van der Waals surface area (Å²) in [5.41, 5.74) is 40.8. The predicted molar refractivity (Wildman–Crippen MR) is 527 cm³/mol. The first-order valence-electron chi connectivity index (χ1n) is 45.7. The molecule has 0 spiro atoms. The summed E-state index contributed by atoms with van der Waals surface area (Å²) in [5.74, 6) is -9.05. The van der Waals surface area contributed by atoms with Gasteiger partial charge < -0.3 is 114 Å². The number of hydrogen-bond acceptors (Lipinski definition) is 44. The van der Waals surface area contributed by atoms with Crippen molar-refractivity contribution >= 4 is 168 Å². The second-order valence-electron chi connectivity index (χ2n) is 36.4. The maximum absolute atomic E-state index is 13.5. The van der Waals surface area contributed by atoms with E-state index in [4.69, 9.17) is 92.9 Å². The zero-order valence-corrected chi connectivity index (χ0v) is 85.2. The number of carboxylic acid groups (broad SMARTS) is 3. The summed E-state index contributed by atoms with van der Waals surface area (Å²) in [6.45, 7) is 16.8. The molecule has 147 heavy (non-hydrogen) atoms. The highest BCUT2D eigenvalue weighted by atomic mass is 32.3. The van der Waals surface area contributed by atoms with Gasteiger partial charge in [-0.15, -0.1) is 46.9 Å². The Labute approximate surface area is 854 Å². The minimum Gasteiger partial charge on any atom is -0.489 e. The van der Waals surface area contributed by atoms with Crippen LogP contribution in [0.1, 0.15) is 143 Å². The van der Waals surface area contributed by atoms with Crippen LogP contribution in [0.3, 0.4) is 0 Å². The number of oxime groups is 3. The number of thiazole rings is 3. The van der Waals surface area contributed by atoms with E-state index in [2.05, 4.69) is 63.8 Å². The topological polar surface area (TPSA) is 814 Å². The number of carboxylic acids is 3. The Hall–Kier alpha value is -13.0. The summed E-state index contributed by atoms with van der Waals surface area (Å²) in [4.78, 5) is 159. The predicted octanol–water partition coefficient (Wildman–Crippen LogP) is 0.641. The number of nitrogens with one attached hydrogen (secondary N) is 3. The lowest BCUT2D eigenvalue weighted by atomic mass is 9.74. The summed E-state index contributed by atoms with van der Waals surface area (Å²) in [6, 6.07) is 16.3. The molecule has 14 rings (SSSR count). The molecule has 0 radical (unpaired) electrons. The molecule has 8 unspecified atom stereocenters. The van der Waals surface area contributed by atoms with Crippen molar-refractivity contribution in [2.75, 3.05) is 102 Å². The zero-order valence-electron chi connectivity index (χ0n) is 80.3. The Balaban J connectivity index is 0.000000197. The third-order valence-electron chi connectivity index (χ3n) is 24.9. The summed E-state index contributed by atoms with van der Waals surface area (Å²) in [7, 11) is -15.0. The average Bonchev–Trinajstić information content (AvgIpc) is 1.25. The van der Waals surface area contributed by atoms with Gasteiger partial charge in [-0.1, -0.05) is 33.7 Å². The normalized spacial score (nSPS) is 20.3. The lowest BCUT2D eigenvalue weighted by Gasteiger charge is -2.50. The molecule has 3 aromatic heterocycles. The lowest BCUT2D eigenvalue weighted by Crippen LogP contribution is -2.68. The third-order valence-corrected chi connectivity index (χ3v) is 27.9. The highest BCUT2D eigenvalue weighted by Gasteiger charge is 2.61. The minimum absolute atomic E-state index is 0.00578. The van der Waals surface area contributed by atoms with Crippen LogP contribution in [-0.4, -0.2) is 318 Å². The number of Topliss-reactive ketones (excluding diaryl/α,β-unsaturated/α-hetero) is 3. The Kier molecular flexibility index (Phi) is 37.1. The van der Waals surface area contributed by atoms with Gasteiger partial charge in [0.15, 0.2) is 61.8 Å². The Morgan fingerprint density at radius 1 is 0.497 bits per heavy atom. The first-order valence-corrected chi connectivity index (χ1v) is 52.4. The van der Waals surface area contributed by atoms with Gasteiger partial charge in [0, 0.05) is 120 Å². The van der Waals surface area contributed by atoms with Crippen LogP contribution in [0.5, 0.6) is 17.2 Å². The molecule has 3 aromatic carbocycles. The molecular formula is C86H115N25O30S6. The minimum atomic E-state index is -5.00. The fourth-order valence-corrected chi connectivity index (χ4v) is 19.9. The van der Waals surface area contributed by atoms with Crippen molar-refractivity contribution in [2.24, 2.45) is 72.1 Å². The molecular weight excluding hydrogens is 2060 g/mol. The second-order valence-corrected chi connectivity index (χ2v) is 42.1. The van der Waals surface area contributed by atoms with E-state index in [0.717, 1.165) is 132 Å². The molecule has 800 valence electrons. The van der Waals surface area contributed by atoms with Crippen molar-refractivity contribution in [3.05, 3.63) is 121 Å². The van der Waals surface area contributed by atoms with Crippen LogP contribution >= 0.6 is 34.0 Å². The van der Waals surface area contributed by atoms with E-state index in [1.165, 1.54) is 64.1 Å². The highest BCUT2D eigenvalue weighted by molar-refractivity contribution is 7.81. The molecule has 61 heteroatoms. The van der Waals surface area contributed by atoms with Crippen molar-refractivity contribution in [3.8, 4) is 17.2 Å². The molecule has 11 heterocycles. The largest absolute Gasteiger partial charge is 0.489 e. The molecule has 0 aliphatic carbocycles. The van der Waals surface area contributed by atoms with Gasteiger partial charge in [-0.05, 0) is 163 Å². The first-order chi connectivity index (χ1) is 69.3. The lowest BCUT2D eigenvalue weighted by molar-refractivity contribution is -0.228. The maximum atomic E-state index is 13.5. The SMILES string of the molecule is CC1(C)C(CC(=O)/C(=N\OC(COc2ccc3c(c2)CN(C(=N)N(CCN)CCN)C3)C(=O)O)c2csc(N)n2)C(=O)N1OS(=O)(=O)O.CC1(C)C(CC(=O)/C(=N\OC(COc2ccc3c(c2)CN(C(CC2CCCNC2)=NC2CCCNC2)C3)C(=O)O)c2csc(N)n2)C(=O)N1OS(=O)(=O)O.CC1(C)C(CC(=O)/C(=N\OC(COc2ccc3c(c2)CN(C(N)=NCCN)C3)C(=O)O)c2csc(N)n2)C(=O)N1OS(=O)(=O)O. The van der Waals surface area contributed by atoms with E-state index in [9.17, 15) is 83.7 Å². The fraction of sp³-hybridized carbons (Fsp3) is 0.512. The Morgan fingerprint density at radius 3 is 1.15 bits per heavy atom. The number of hydrogen-bond donors (Lipinski definition) is 16. The number of hydroxylamine groups is 6. The summed E-state index contributed by atoms with van der Waals surface area (Å²) in [5, 5.41) is 62.3. The molecule has 8 aliphatic heterocycles. The first kappa shape index (κ1) is 113. The smallest absolute Gasteiger partial charge is 0.418 e. The quantitative estimate of drug-likeness (QED) is 0.00820. The molecule has 5 saturated heterocycles. The number of piperidine rings is 2. The number of nitrogens with zero attached hydrogens (tertiary/aromatic N) is 15. The van der Waals surface area contributed by atoms with Crippen molar-refractivity contribution in [2.45, 2.75) is 173 Å². The summed E-state index contributed by atoms with van der Waals surface area (Å²) in [6.07, 6.45) is -1.07. The van der Waals surface area contributed by atoms with E-state index in [0.29, 0.717) is 122 Å². The van der Waals surface area contributed by atoms with Crippen LogP contribution in [0, 0.1) is 29.1 Å². The van der Waals surface area contributed by atoms with Crippen LogP contribution in [0.4, 0.5) is 15.4 Å². The van der Waals surface area contributed by atoms with Gasteiger partial charge in [-0.25, -0.2) is 29.3 Å². The van der Waals surface area contributed by atoms with Crippen LogP contribution in [0.2, 0.25) is 0 Å². The standard InChI is InChI=1S/C34H46N8O10S2.C27H37N9O10S2.C25H32N8O10S2/c1-34(2)25(31(44)42(34)52-54(47,48)49)13-27(43)30(26-19-53-33(35)39-26)40-51-28(32(45)46)18-50-24-8-7-21-16-41(17-22(21)12-24)29(11-20-5-3-9-36-14-20)38-23-6-4-10-37-15-23;1-27(2)18(23(38)36(27)46-48(41,42)43)10-20(37)22(19-14-47-25(30)32-19)33-45-21(24(39)40)13-44-17-4-3-15-11-35(12-16(15)9-17)26(31)34(7-5-28)8-6-29;1-25(2)16(21(35)33(25)43-45(38,39)40)8-18(34)20(17-12-44-24(28)30-17)31-42-19(22(36)37)11-41-15-4-3-13-9-32(10-14(13)7-15)23(27)29-6-5-26/h7-8,12,19-20,23,25,28,36-37H,3-6,9-11,13-18H2,1-2H3,(H2,35,39)(H,45,46)(H,47,48,49);3-4,9,14,18,21,31H,5-8,10-13,28-29H2,1-2H3,(H2,30,32)(H,39,40)(H,41,42,43);3-4,7,12,16,19H,5-6,8-11,26H2,1-2H3,(H2,27,29)(H2,28,30)(H,36,37)(H,38,39,40)/b38-29?,40-30-;31-26?,33-22-;31-20-. The van der Waals surface area contributed by atoms with Gasteiger partial charge in [0.05, 0.1) is 47.0 Å². The van der Waals surface area contributed by atoms with Gasteiger partial charge in [0.25, 0.3) is 36.0 Å². The number of rotatable bonds is 45. The van der Waals surface area contributed by atoms with Crippen LogP contribution < -0.4 is 65.0 Å². The number of aliphatic imine (C=N–C) groups is 2. The molecule has 55 nitrogen and oxygen atoms in total. The fourth-order valence-electron chi connectivity index (χ4n) is 16.9. The number of carbonyl (C=O) groups is 9. The van der Waals surface area contributed by atoms with E-state index < -0.39 is 193 Å². The number of amides is 3. The van der Waals surface area contributed by atoms with Crippen molar-refractivity contribution in [3.63, 3.8) is 0 Å². The van der Waals surface area contributed by atoms with Crippen LogP contribution in [0.15, 0.2) is 96.2 Å². The summed E-state index contributed by atoms with van der Waals surface area (Å²) < 4.78 is 124. The van der Waals surface area contributed by atoms with E-state index >= 15 is 0 Å². The number of carbonyl (C=O) groups excluding carboxylic acids is 6. The van der Waals surface area contributed by atoms with Gasteiger partial charge in [0.1, 0.15) is 60.0 Å². The number of ketones is 3. The number of anilines is 3. The number of benzene rings is 3. The van der Waals surface area contributed by atoms with Gasteiger partial charge in [-0.2, -0.15) is 40.4 Å². The van der Waals surface area contributed by atoms with E-state index in [1.54, 1.807) is 35.2 Å². The third kappa shape index (κ3) is 29.1. The number of nitrogens with two attached hydrogens (primary N) is 7. The van der Waals surface area contributed by atoms with Gasteiger partial charge in [0.2, 0.25) is 0 Å². The van der Waals surface area contributed by atoms with E-state index in [-0.39, 0.29) is 38.5 Å². The molecule has 6 aromatic rings. The van der Waals surface area contributed by atoms with Crippen molar-refractivity contribution < 1.29 is 139 Å². The second kappa shape index (κ2) is 48.3. The number of β-lactam (4-membered cyclic amide) rings is 3. The monoisotopic (exact) mass is 2170 g/mol. The molecule has 23 N–H and O–H groups in total. The van der Waals surface area contributed by atoms with Crippen molar-refractivity contribution in [1.82, 2.24) is 60.4 Å². The molecule has 0 saturated carbocycles. The number of guanidine groups is 2. The zero-order chi connectivity index (χ0) is 107. The molecule has 5 fully saturated rings. The molecule has 3 amide bonds.